The molecule has 4 heteroatoms. The number of hydrogen-bond acceptors (Lipinski definition) is 2. The molecule has 1 aromatic carbocycles. The zero-order valence-electron chi connectivity index (χ0n) is 10.7. The Labute approximate surface area is 113 Å². The standard InChI is InChI=1S/C14H19NO2S/c1-10(8-9-13(16)18)14(17)15-11(2)12-6-4-3-5-7-12/h3-7,10-11H,8-9H2,1-2H3,(H,15,17)(H,16,18). The predicted molar refractivity (Wildman–Crippen MR) is 76.6 cm³/mol. The predicted octanol–water partition coefficient (Wildman–Crippen LogP) is 3.17. The second-order valence-electron chi connectivity index (χ2n) is 4.47. The zero-order chi connectivity index (χ0) is 13.5. The molecule has 0 spiro atoms. The maximum atomic E-state index is 11.9. The van der Waals surface area contributed by atoms with Crippen molar-refractivity contribution >= 4 is 23.2 Å². The van der Waals surface area contributed by atoms with Crippen LogP contribution >= 0.6 is 12.2 Å². The van der Waals surface area contributed by atoms with Gasteiger partial charge in [-0.25, -0.2) is 0 Å². The molecule has 18 heavy (non-hydrogen) atoms. The Hall–Kier alpha value is -1.42. The first-order valence-electron chi connectivity index (χ1n) is 6.08. The SMILES string of the molecule is CC(CCC(O)=S)C(=O)NC(C)c1ccccc1. The van der Waals surface area contributed by atoms with E-state index in [2.05, 4.69) is 17.5 Å². The summed E-state index contributed by atoms with van der Waals surface area (Å²) >= 11 is 4.59. The summed E-state index contributed by atoms with van der Waals surface area (Å²) in [5.74, 6) is -0.163. The fraction of sp³-hybridized carbons (Fsp3) is 0.429. The Morgan fingerprint density at radius 1 is 1.33 bits per heavy atom. The summed E-state index contributed by atoms with van der Waals surface area (Å²) in [5.41, 5.74) is 1.08. The zero-order valence-corrected chi connectivity index (χ0v) is 11.5. The minimum Gasteiger partial charge on any atom is -0.502 e. The van der Waals surface area contributed by atoms with Crippen molar-refractivity contribution in [3.8, 4) is 0 Å². The van der Waals surface area contributed by atoms with E-state index in [0.717, 1.165) is 5.56 Å². The Balaban J connectivity index is 2.46. The third kappa shape index (κ3) is 4.84. The van der Waals surface area contributed by atoms with E-state index >= 15 is 0 Å². The molecule has 0 bridgehead atoms. The van der Waals surface area contributed by atoms with Gasteiger partial charge in [0.05, 0.1) is 6.04 Å². The van der Waals surface area contributed by atoms with Crippen molar-refractivity contribution in [1.82, 2.24) is 5.32 Å². The van der Waals surface area contributed by atoms with Crippen LogP contribution in [0.15, 0.2) is 30.3 Å². The van der Waals surface area contributed by atoms with E-state index in [-0.39, 0.29) is 22.9 Å². The van der Waals surface area contributed by atoms with Crippen molar-refractivity contribution in [1.29, 1.82) is 0 Å². The van der Waals surface area contributed by atoms with Crippen molar-refractivity contribution in [2.45, 2.75) is 32.7 Å². The van der Waals surface area contributed by atoms with Crippen molar-refractivity contribution in [3.05, 3.63) is 35.9 Å². The Kier molecular flexibility index (Phi) is 5.78. The van der Waals surface area contributed by atoms with Crippen LogP contribution < -0.4 is 5.32 Å². The molecule has 0 saturated carbocycles. The van der Waals surface area contributed by atoms with Gasteiger partial charge in [0.2, 0.25) is 5.91 Å². The van der Waals surface area contributed by atoms with Crippen molar-refractivity contribution in [2.24, 2.45) is 5.92 Å². The molecule has 0 aromatic heterocycles. The van der Waals surface area contributed by atoms with Crippen LogP contribution in [0.3, 0.4) is 0 Å². The van der Waals surface area contributed by atoms with Gasteiger partial charge in [0.1, 0.15) is 0 Å². The highest BCUT2D eigenvalue weighted by Gasteiger charge is 2.16. The number of carbonyl (C=O) groups is 1. The molecule has 1 aromatic rings. The van der Waals surface area contributed by atoms with Crippen LogP contribution in [0.1, 0.15) is 38.3 Å². The molecule has 2 unspecified atom stereocenters. The van der Waals surface area contributed by atoms with Crippen LogP contribution in [0, 0.1) is 5.92 Å². The summed E-state index contributed by atoms with van der Waals surface area (Å²) in [7, 11) is 0. The Morgan fingerprint density at radius 3 is 2.50 bits per heavy atom. The number of hydrogen-bond donors (Lipinski definition) is 2. The molecule has 0 radical (unpaired) electrons. The van der Waals surface area contributed by atoms with Gasteiger partial charge >= 0.3 is 0 Å². The lowest BCUT2D eigenvalue weighted by molar-refractivity contribution is -0.125. The molecule has 98 valence electrons. The van der Waals surface area contributed by atoms with E-state index in [1.165, 1.54) is 0 Å². The fourth-order valence-corrected chi connectivity index (χ4v) is 1.77. The minimum absolute atomic E-state index is 0.0115. The third-order valence-corrected chi connectivity index (χ3v) is 3.10. The molecule has 0 heterocycles. The molecule has 0 aliphatic rings. The molecule has 1 amide bonds. The van der Waals surface area contributed by atoms with E-state index in [1.807, 2.05) is 44.2 Å². The maximum absolute atomic E-state index is 11.9. The summed E-state index contributed by atoms with van der Waals surface area (Å²) in [6.45, 7) is 3.79. The first-order valence-corrected chi connectivity index (χ1v) is 6.48. The highest BCUT2D eigenvalue weighted by Crippen LogP contribution is 2.13. The number of rotatable bonds is 6. The monoisotopic (exact) mass is 265 g/mol. The average Bonchev–Trinajstić information content (AvgIpc) is 2.36. The Morgan fingerprint density at radius 2 is 1.94 bits per heavy atom. The van der Waals surface area contributed by atoms with Crippen molar-refractivity contribution in [2.75, 3.05) is 0 Å². The molecule has 3 nitrogen and oxygen atoms in total. The van der Waals surface area contributed by atoms with Gasteiger partial charge in [-0.05, 0) is 31.1 Å². The van der Waals surface area contributed by atoms with Crippen LogP contribution in [0.2, 0.25) is 0 Å². The lowest BCUT2D eigenvalue weighted by Gasteiger charge is -2.17. The van der Waals surface area contributed by atoms with Gasteiger partial charge in [-0.1, -0.05) is 37.3 Å². The number of thiocarbonyl (C=S) groups is 1. The average molecular weight is 265 g/mol. The Bertz CT molecular complexity index is 406. The van der Waals surface area contributed by atoms with Gasteiger partial charge in [-0.3, -0.25) is 4.79 Å². The van der Waals surface area contributed by atoms with Crippen molar-refractivity contribution in [3.63, 3.8) is 0 Å². The van der Waals surface area contributed by atoms with Gasteiger partial charge in [0.25, 0.3) is 0 Å². The van der Waals surface area contributed by atoms with Crippen molar-refractivity contribution < 1.29 is 9.90 Å². The highest BCUT2D eigenvalue weighted by molar-refractivity contribution is 7.80. The first-order chi connectivity index (χ1) is 8.50. The number of amides is 1. The molecule has 0 aliphatic carbocycles. The maximum Gasteiger partial charge on any atom is 0.223 e. The number of benzene rings is 1. The number of carbonyl (C=O) groups excluding carboxylic acids is 1. The van der Waals surface area contributed by atoms with Crippen LogP contribution in [-0.2, 0) is 4.79 Å². The van der Waals surface area contributed by atoms with Gasteiger partial charge in [0.15, 0.2) is 5.05 Å². The first kappa shape index (κ1) is 14.6. The third-order valence-electron chi connectivity index (χ3n) is 2.90. The normalized spacial score (nSPS) is 13.7. The quantitative estimate of drug-likeness (QED) is 0.777. The molecule has 0 fully saturated rings. The summed E-state index contributed by atoms with van der Waals surface area (Å²) in [6.07, 6.45) is 0.965. The summed E-state index contributed by atoms with van der Waals surface area (Å²) < 4.78 is 0. The summed E-state index contributed by atoms with van der Waals surface area (Å²) in [5, 5.41) is 11.9. The van der Waals surface area contributed by atoms with Gasteiger partial charge in [-0.2, -0.15) is 0 Å². The van der Waals surface area contributed by atoms with Crippen LogP contribution in [0.5, 0.6) is 0 Å². The van der Waals surface area contributed by atoms with Crippen LogP contribution in [0.25, 0.3) is 0 Å². The van der Waals surface area contributed by atoms with E-state index in [1.54, 1.807) is 0 Å². The van der Waals surface area contributed by atoms with Gasteiger partial charge in [-0.15, -0.1) is 0 Å². The molecule has 2 N–H and O–H groups in total. The number of aliphatic hydroxyl groups excluding tert-OH is 1. The number of aliphatic hydroxyl groups is 1. The highest BCUT2D eigenvalue weighted by atomic mass is 32.1. The molecule has 0 aliphatic heterocycles. The smallest absolute Gasteiger partial charge is 0.223 e. The van der Waals surface area contributed by atoms with Gasteiger partial charge in [0, 0.05) is 12.3 Å². The fourth-order valence-electron chi connectivity index (χ4n) is 1.65. The van der Waals surface area contributed by atoms with Crippen LogP contribution in [0.4, 0.5) is 0 Å². The lowest BCUT2D eigenvalue weighted by atomic mass is 10.0. The van der Waals surface area contributed by atoms with E-state index in [9.17, 15) is 4.79 Å². The molecular formula is C14H19NO2S. The topological polar surface area (TPSA) is 49.3 Å². The molecule has 0 saturated heterocycles. The number of nitrogens with one attached hydrogen (secondary N) is 1. The second kappa shape index (κ2) is 7.11. The molecular weight excluding hydrogens is 246 g/mol. The second-order valence-corrected chi connectivity index (χ2v) is 4.95. The van der Waals surface area contributed by atoms with Crippen LogP contribution in [-0.4, -0.2) is 16.1 Å². The molecule has 1 rings (SSSR count). The summed E-state index contributed by atoms with van der Waals surface area (Å²) in [6, 6.07) is 9.80. The lowest BCUT2D eigenvalue weighted by Crippen LogP contribution is -2.31. The van der Waals surface area contributed by atoms with Gasteiger partial charge < -0.3 is 10.4 Å². The summed E-state index contributed by atoms with van der Waals surface area (Å²) in [4.78, 5) is 11.9. The minimum atomic E-state index is -0.152. The van der Waals surface area contributed by atoms with E-state index in [4.69, 9.17) is 5.11 Å². The van der Waals surface area contributed by atoms with E-state index < -0.39 is 0 Å². The largest absolute Gasteiger partial charge is 0.502 e. The molecule has 2 atom stereocenters. The van der Waals surface area contributed by atoms with E-state index in [0.29, 0.717) is 12.8 Å².